The number of nitrogens with zero attached hydrogens (tertiary/aromatic N) is 2. The molecule has 0 fully saturated rings. The highest BCUT2D eigenvalue weighted by Crippen LogP contribution is 2.21. The minimum absolute atomic E-state index is 0.525. The number of aryl methyl sites for hydroxylation is 2. The first kappa shape index (κ1) is 17.4. The van der Waals surface area contributed by atoms with Crippen LogP contribution in [0.15, 0.2) is 60.9 Å². The SMILES string of the molecule is Cc1cccc(C)c1CCCC(O)c1nccn1Cc1ccccc1. The maximum atomic E-state index is 10.6. The number of aromatic nitrogens is 2. The molecule has 0 spiro atoms. The summed E-state index contributed by atoms with van der Waals surface area (Å²) in [6.07, 6.45) is 5.85. The molecule has 25 heavy (non-hydrogen) atoms. The number of imidazole rings is 1. The van der Waals surface area contributed by atoms with Crippen LogP contribution in [-0.4, -0.2) is 14.7 Å². The highest BCUT2D eigenvalue weighted by atomic mass is 16.3. The van der Waals surface area contributed by atoms with E-state index in [0.717, 1.165) is 31.6 Å². The van der Waals surface area contributed by atoms with Gasteiger partial charge >= 0.3 is 0 Å². The Balaban J connectivity index is 1.61. The zero-order valence-electron chi connectivity index (χ0n) is 15.0. The van der Waals surface area contributed by atoms with E-state index in [0.29, 0.717) is 0 Å². The van der Waals surface area contributed by atoms with Crippen molar-refractivity contribution in [1.29, 1.82) is 0 Å². The molecular formula is C22H26N2O. The Morgan fingerprint density at radius 1 is 1.00 bits per heavy atom. The summed E-state index contributed by atoms with van der Waals surface area (Å²) in [6.45, 7) is 5.06. The summed E-state index contributed by atoms with van der Waals surface area (Å²) >= 11 is 0. The smallest absolute Gasteiger partial charge is 0.137 e. The van der Waals surface area contributed by atoms with E-state index < -0.39 is 6.10 Å². The second-order valence-electron chi connectivity index (χ2n) is 6.68. The fourth-order valence-electron chi connectivity index (χ4n) is 3.38. The molecule has 1 heterocycles. The van der Waals surface area contributed by atoms with Crippen molar-refractivity contribution in [3.63, 3.8) is 0 Å². The van der Waals surface area contributed by atoms with Gasteiger partial charge in [0.15, 0.2) is 0 Å². The average Bonchev–Trinajstić information content (AvgIpc) is 3.06. The van der Waals surface area contributed by atoms with E-state index in [1.165, 1.54) is 22.3 Å². The molecule has 2 aromatic carbocycles. The minimum atomic E-state index is -0.525. The van der Waals surface area contributed by atoms with Crippen LogP contribution in [0.2, 0.25) is 0 Å². The second-order valence-corrected chi connectivity index (χ2v) is 6.68. The van der Waals surface area contributed by atoms with Crippen LogP contribution < -0.4 is 0 Å². The molecule has 0 saturated carbocycles. The van der Waals surface area contributed by atoms with Gasteiger partial charge in [-0.1, -0.05) is 48.5 Å². The van der Waals surface area contributed by atoms with Gasteiger partial charge in [-0.2, -0.15) is 0 Å². The largest absolute Gasteiger partial charge is 0.385 e. The molecule has 3 heteroatoms. The second kappa shape index (κ2) is 8.13. The highest BCUT2D eigenvalue weighted by molar-refractivity contribution is 5.33. The normalized spacial score (nSPS) is 12.3. The van der Waals surface area contributed by atoms with E-state index in [4.69, 9.17) is 0 Å². The van der Waals surface area contributed by atoms with Crippen LogP contribution in [0.5, 0.6) is 0 Å². The summed E-state index contributed by atoms with van der Waals surface area (Å²) in [4.78, 5) is 4.39. The predicted octanol–water partition coefficient (Wildman–Crippen LogP) is 4.60. The Kier molecular flexibility index (Phi) is 5.67. The molecule has 1 aromatic heterocycles. The van der Waals surface area contributed by atoms with Gasteiger partial charge in [0.25, 0.3) is 0 Å². The Hall–Kier alpha value is -2.39. The molecule has 0 saturated heterocycles. The van der Waals surface area contributed by atoms with Crippen molar-refractivity contribution in [2.45, 2.75) is 45.8 Å². The van der Waals surface area contributed by atoms with Gasteiger partial charge in [0.05, 0.1) is 0 Å². The molecule has 130 valence electrons. The molecule has 1 N–H and O–H groups in total. The van der Waals surface area contributed by atoms with Gasteiger partial charge in [-0.15, -0.1) is 0 Å². The fourth-order valence-corrected chi connectivity index (χ4v) is 3.38. The zero-order valence-corrected chi connectivity index (χ0v) is 15.0. The quantitative estimate of drug-likeness (QED) is 0.685. The molecule has 0 aliphatic heterocycles. The van der Waals surface area contributed by atoms with Crippen molar-refractivity contribution in [2.24, 2.45) is 0 Å². The number of hydrogen-bond donors (Lipinski definition) is 1. The number of hydrogen-bond acceptors (Lipinski definition) is 2. The lowest BCUT2D eigenvalue weighted by Crippen LogP contribution is -2.10. The Bertz CT molecular complexity index is 788. The topological polar surface area (TPSA) is 38.1 Å². The van der Waals surface area contributed by atoms with Crippen molar-refractivity contribution >= 4 is 0 Å². The Labute approximate surface area is 150 Å². The van der Waals surface area contributed by atoms with Gasteiger partial charge in [0.2, 0.25) is 0 Å². The summed E-state index contributed by atoms with van der Waals surface area (Å²) in [5.74, 6) is 0.755. The maximum Gasteiger partial charge on any atom is 0.137 e. The summed E-state index contributed by atoms with van der Waals surface area (Å²) in [6, 6.07) is 16.7. The van der Waals surface area contributed by atoms with Crippen LogP contribution in [0.25, 0.3) is 0 Å². The summed E-state index contributed by atoms with van der Waals surface area (Å²) < 4.78 is 2.04. The van der Waals surface area contributed by atoms with Crippen LogP contribution in [0.4, 0.5) is 0 Å². The lowest BCUT2D eigenvalue weighted by atomic mass is 9.97. The van der Waals surface area contributed by atoms with Gasteiger partial charge in [0.1, 0.15) is 11.9 Å². The number of aliphatic hydroxyl groups excluding tert-OH is 1. The lowest BCUT2D eigenvalue weighted by Gasteiger charge is -2.14. The number of benzene rings is 2. The molecule has 3 aromatic rings. The van der Waals surface area contributed by atoms with Crippen LogP contribution in [0.3, 0.4) is 0 Å². The van der Waals surface area contributed by atoms with Crippen molar-refractivity contribution in [2.75, 3.05) is 0 Å². The van der Waals surface area contributed by atoms with Gasteiger partial charge in [-0.3, -0.25) is 0 Å². The lowest BCUT2D eigenvalue weighted by molar-refractivity contribution is 0.151. The molecule has 3 rings (SSSR count). The number of rotatable bonds is 7. The van der Waals surface area contributed by atoms with E-state index >= 15 is 0 Å². The van der Waals surface area contributed by atoms with Crippen molar-refractivity contribution in [3.05, 3.63) is 89.0 Å². The summed E-state index contributed by atoms with van der Waals surface area (Å²) in [5, 5.41) is 10.6. The van der Waals surface area contributed by atoms with E-state index in [1.54, 1.807) is 6.20 Å². The third-order valence-corrected chi connectivity index (χ3v) is 4.79. The molecule has 0 aliphatic rings. The monoisotopic (exact) mass is 334 g/mol. The van der Waals surface area contributed by atoms with Gasteiger partial charge in [-0.05, 0) is 55.4 Å². The predicted molar refractivity (Wildman–Crippen MR) is 102 cm³/mol. The third kappa shape index (κ3) is 4.37. The molecule has 0 amide bonds. The zero-order chi connectivity index (χ0) is 17.6. The first-order valence-electron chi connectivity index (χ1n) is 8.93. The van der Waals surface area contributed by atoms with Crippen molar-refractivity contribution < 1.29 is 5.11 Å². The molecular weight excluding hydrogens is 308 g/mol. The Morgan fingerprint density at radius 3 is 2.44 bits per heavy atom. The molecule has 3 nitrogen and oxygen atoms in total. The molecule has 0 radical (unpaired) electrons. The van der Waals surface area contributed by atoms with Gasteiger partial charge < -0.3 is 9.67 Å². The van der Waals surface area contributed by atoms with Crippen LogP contribution in [0, 0.1) is 13.8 Å². The van der Waals surface area contributed by atoms with Gasteiger partial charge in [-0.25, -0.2) is 4.98 Å². The molecule has 0 aliphatic carbocycles. The van der Waals surface area contributed by atoms with E-state index in [2.05, 4.69) is 49.2 Å². The molecule has 0 bridgehead atoms. The van der Waals surface area contributed by atoms with Crippen molar-refractivity contribution in [3.8, 4) is 0 Å². The van der Waals surface area contributed by atoms with E-state index in [-0.39, 0.29) is 0 Å². The van der Waals surface area contributed by atoms with Gasteiger partial charge in [0, 0.05) is 18.9 Å². The summed E-state index contributed by atoms with van der Waals surface area (Å²) in [7, 11) is 0. The Morgan fingerprint density at radius 2 is 1.72 bits per heavy atom. The van der Waals surface area contributed by atoms with Crippen LogP contribution in [-0.2, 0) is 13.0 Å². The minimum Gasteiger partial charge on any atom is -0.385 e. The molecule has 1 atom stereocenters. The fraction of sp³-hybridized carbons (Fsp3) is 0.318. The molecule has 1 unspecified atom stereocenters. The highest BCUT2D eigenvalue weighted by Gasteiger charge is 2.14. The first-order valence-corrected chi connectivity index (χ1v) is 8.93. The summed E-state index contributed by atoms with van der Waals surface area (Å²) in [5.41, 5.74) is 5.28. The standard InChI is InChI=1S/C22H26N2O/c1-17-8-6-9-18(2)20(17)12-7-13-21(25)22-23-14-15-24(22)16-19-10-4-3-5-11-19/h3-6,8-11,14-15,21,25H,7,12-13,16H2,1-2H3. The third-order valence-electron chi connectivity index (χ3n) is 4.79. The first-order chi connectivity index (χ1) is 12.1. The van der Waals surface area contributed by atoms with E-state index in [9.17, 15) is 5.11 Å². The average molecular weight is 334 g/mol. The van der Waals surface area contributed by atoms with Crippen LogP contribution in [0.1, 0.15) is 47.0 Å². The maximum absolute atomic E-state index is 10.6. The van der Waals surface area contributed by atoms with Crippen molar-refractivity contribution in [1.82, 2.24) is 9.55 Å². The van der Waals surface area contributed by atoms with E-state index in [1.807, 2.05) is 29.0 Å². The van der Waals surface area contributed by atoms with Crippen LogP contribution >= 0.6 is 0 Å². The number of aliphatic hydroxyl groups is 1.